The summed E-state index contributed by atoms with van der Waals surface area (Å²) in [7, 11) is 3.18. The smallest absolute Gasteiger partial charge is 0.252 e. The number of benzene rings is 1. The maximum Gasteiger partial charge on any atom is 0.252 e. The summed E-state index contributed by atoms with van der Waals surface area (Å²) in [6.07, 6.45) is 6.55. The van der Waals surface area contributed by atoms with E-state index < -0.39 is 5.91 Å². The van der Waals surface area contributed by atoms with E-state index in [-0.39, 0.29) is 18.7 Å². The Morgan fingerprint density at radius 2 is 1.88 bits per heavy atom. The van der Waals surface area contributed by atoms with Crippen LogP contribution in [0.2, 0.25) is 0 Å². The first kappa shape index (κ1) is 27.1. The van der Waals surface area contributed by atoms with Gasteiger partial charge in [0.15, 0.2) is 0 Å². The summed E-state index contributed by atoms with van der Waals surface area (Å²) in [5, 5.41) is 20.6. The van der Waals surface area contributed by atoms with E-state index in [1.54, 1.807) is 42.3 Å². The van der Waals surface area contributed by atoms with Crippen molar-refractivity contribution >= 4 is 11.9 Å². The number of methoxy groups -OCH3 is 2. The zero-order valence-electron chi connectivity index (χ0n) is 22.4. The Kier molecular flexibility index (Phi) is 8.49. The number of amides is 1. The highest BCUT2D eigenvalue weighted by Gasteiger charge is 2.27. The van der Waals surface area contributed by atoms with Crippen molar-refractivity contribution in [3.05, 3.63) is 71.7 Å². The van der Waals surface area contributed by atoms with Gasteiger partial charge in [-0.1, -0.05) is 36.3 Å². The number of hydrogen-bond acceptors (Lipinski definition) is 9. The van der Waals surface area contributed by atoms with Gasteiger partial charge in [0.05, 0.1) is 47.1 Å². The van der Waals surface area contributed by atoms with Crippen LogP contribution >= 0.6 is 0 Å². The molecule has 0 saturated heterocycles. The zero-order chi connectivity index (χ0) is 27.9. The van der Waals surface area contributed by atoms with E-state index in [1.165, 1.54) is 20.0 Å². The van der Waals surface area contributed by atoms with E-state index >= 15 is 0 Å². The Morgan fingerprint density at radius 1 is 1.07 bits per heavy atom. The molecule has 1 N–H and O–H groups in total. The second kappa shape index (κ2) is 12.5. The van der Waals surface area contributed by atoms with Gasteiger partial charge in [0.25, 0.3) is 5.91 Å². The normalized spacial score (nSPS) is 14.1. The number of nitrogens with zero attached hydrogens (tertiary/aromatic N) is 7. The van der Waals surface area contributed by atoms with Crippen molar-refractivity contribution in [3.63, 3.8) is 0 Å². The van der Waals surface area contributed by atoms with Crippen LogP contribution < -0.4 is 5.32 Å². The number of carbonyl (C=O) groups excluding carboxylic acids is 1. The van der Waals surface area contributed by atoms with Crippen LogP contribution in [0.1, 0.15) is 48.7 Å². The molecule has 1 atom stereocenters. The molecule has 0 spiro atoms. The van der Waals surface area contributed by atoms with Gasteiger partial charge in [-0.15, -0.1) is 5.10 Å². The molecule has 1 amide bonds. The van der Waals surface area contributed by atoms with Gasteiger partial charge in [-0.05, 0) is 49.1 Å². The fraction of sp³-hybridized carbons (Fsp3) is 0.345. The molecule has 5 rings (SSSR count). The summed E-state index contributed by atoms with van der Waals surface area (Å²) in [4.78, 5) is 26.0. The van der Waals surface area contributed by atoms with Gasteiger partial charge in [0.1, 0.15) is 18.4 Å². The topological polar surface area (TPSA) is 141 Å². The maximum absolute atomic E-state index is 12.2. The van der Waals surface area contributed by atoms with E-state index in [4.69, 9.17) is 14.5 Å². The highest BCUT2D eigenvalue weighted by molar-refractivity contribution is 5.90. The van der Waals surface area contributed by atoms with Crippen LogP contribution in [0, 0.1) is 17.2 Å². The second-order valence-electron chi connectivity index (χ2n) is 9.69. The van der Waals surface area contributed by atoms with E-state index in [0.29, 0.717) is 40.7 Å². The third-order valence-electron chi connectivity index (χ3n) is 6.87. The number of nitrogens with one attached hydrogen (secondary N) is 1. The molecule has 1 fully saturated rings. The van der Waals surface area contributed by atoms with Crippen molar-refractivity contribution in [2.24, 2.45) is 5.92 Å². The molecular formula is C29H30N8O3. The first-order chi connectivity index (χ1) is 19.6. The molecule has 1 aliphatic rings. The largest absolute Gasteiger partial charge is 0.375 e. The Labute approximate surface area is 232 Å². The number of pyridine rings is 1. The summed E-state index contributed by atoms with van der Waals surface area (Å²) in [5.74, 6) is 0.196. The average molecular weight is 539 g/mol. The summed E-state index contributed by atoms with van der Waals surface area (Å²) in [6, 6.07) is 16.9. The number of anilines is 1. The zero-order valence-corrected chi connectivity index (χ0v) is 22.4. The molecule has 40 heavy (non-hydrogen) atoms. The monoisotopic (exact) mass is 538 g/mol. The molecule has 11 heteroatoms. The summed E-state index contributed by atoms with van der Waals surface area (Å²) < 4.78 is 12.4. The summed E-state index contributed by atoms with van der Waals surface area (Å²) in [6.45, 7) is 0.279. The Morgan fingerprint density at radius 3 is 2.65 bits per heavy atom. The van der Waals surface area contributed by atoms with Crippen molar-refractivity contribution in [2.75, 3.05) is 26.1 Å². The fourth-order valence-corrected chi connectivity index (χ4v) is 5.04. The molecule has 3 aromatic heterocycles. The number of nitriles is 1. The molecule has 1 saturated carbocycles. The van der Waals surface area contributed by atoms with Crippen LogP contribution in [0.5, 0.6) is 0 Å². The average Bonchev–Trinajstić information content (AvgIpc) is 3.67. The number of rotatable bonds is 10. The van der Waals surface area contributed by atoms with E-state index in [2.05, 4.69) is 31.7 Å². The third-order valence-corrected chi connectivity index (χ3v) is 6.87. The predicted molar refractivity (Wildman–Crippen MR) is 147 cm³/mol. The fourth-order valence-electron chi connectivity index (χ4n) is 5.04. The molecule has 1 aromatic carbocycles. The van der Waals surface area contributed by atoms with Gasteiger partial charge in [-0.25, -0.2) is 14.6 Å². The molecule has 0 radical (unpaired) electrons. The van der Waals surface area contributed by atoms with Crippen molar-refractivity contribution in [3.8, 4) is 28.7 Å². The number of carbonyl (C=O) groups is 1. The van der Waals surface area contributed by atoms with Crippen LogP contribution in [0.25, 0.3) is 22.6 Å². The Bertz CT molecular complexity index is 1520. The highest BCUT2D eigenvalue weighted by Crippen LogP contribution is 2.37. The standard InChI is InChI=1S/C29H30N8O3/c1-39-18-27(38)34-29-32-24(21-10-5-7-19(13-21)15-30)14-25(33-29)26-17-37(36-35-26)16-22-11-6-12-23(31-22)28(40-2)20-8-3-4-9-20/h5-7,10-14,17,20,28H,3-4,8-9,16,18H2,1-2H3,(H,32,33,34,38). The quantitative estimate of drug-likeness (QED) is 0.315. The van der Waals surface area contributed by atoms with E-state index in [1.807, 2.05) is 24.3 Å². The first-order valence-corrected chi connectivity index (χ1v) is 13.1. The first-order valence-electron chi connectivity index (χ1n) is 13.1. The molecule has 0 aliphatic heterocycles. The van der Waals surface area contributed by atoms with Crippen molar-refractivity contribution in [1.29, 1.82) is 5.26 Å². The third kappa shape index (κ3) is 6.36. The lowest BCUT2D eigenvalue weighted by Gasteiger charge is -2.21. The minimum absolute atomic E-state index is 0.0144. The van der Waals surface area contributed by atoms with Crippen LogP contribution in [-0.4, -0.2) is 56.7 Å². The molecule has 0 bridgehead atoms. The minimum Gasteiger partial charge on any atom is -0.375 e. The summed E-state index contributed by atoms with van der Waals surface area (Å²) in [5.41, 5.74) is 4.46. The summed E-state index contributed by atoms with van der Waals surface area (Å²) >= 11 is 0. The van der Waals surface area contributed by atoms with Gasteiger partial charge in [0.2, 0.25) is 5.95 Å². The van der Waals surface area contributed by atoms with Gasteiger partial charge in [0, 0.05) is 19.8 Å². The van der Waals surface area contributed by atoms with E-state index in [9.17, 15) is 10.1 Å². The molecule has 1 aliphatic carbocycles. The van der Waals surface area contributed by atoms with Crippen LogP contribution in [-0.2, 0) is 20.8 Å². The minimum atomic E-state index is -0.391. The molecule has 3 heterocycles. The number of ether oxygens (including phenoxy) is 2. The van der Waals surface area contributed by atoms with Gasteiger partial charge in [-0.3, -0.25) is 15.1 Å². The van der Waals surface area contributed by atoms with Crippen molar-refractivity contribution in [1.82, 2.24) is 29.9 Å². The van der Waals surface area contributed by atoms with Crippen LogP contribution in [0.15, 0.2) is 54.7 Å². The Hall–Kier alpha value is -4.53. The lowest BCUT2D eigenvalue weighted by atomic mass is 9.97. The predicted octanol–water partition coefficient (Wildman–Crippen LogP) is 4.18. The number of aromatic nitrogens is 6. The van der Waals surface area contributed by atoms with Crippen LogP contribution in [0.4, 0.5) is 5.95 Å². The van der Waals surface area contributed by atoms with Crippen molar-refractivity contribution in [2.45, 2.75) is 38.3 Å². The molecule has 204 valence electrons. The van der Waals surface area contributed by atoms with E-state index in [0.717, 1.165) is 24.2 Å². The lowest BCUT2D eigenvalue weighted by Crippen LogP contribution is -2.19. The maximum atomic E-state index is 12.2. The second-order valence-corrected chi connectivity index (χ2v) is 9.69. The van der Waals surface area contributed by atoms with Crippen molar-refractivity contribution < 1.29 is 14.3 Å². The number of hydrogen-bond donors (Lipinski definition) is 1. The molecular weight excluding hydrogens is 508 g/mol. The van der Waals surface area contributed by atoms with Gasteiger partial charge >= 0.3 is 0 Å². The van der Waals surface area contributed by atoms with Gasteiger partial charge < -0.3 is 9.47 Å². The molecule has 4 aromatic rings. The Balaban J connectivity index is 1.42. The molecule has 1 unspecified atom stereocenters. The highest BCUT2D eigenvalue weighted by atomic mass is 16.5. The molecule has 11 nitrogen and oxygen atoms in total. The van der Waals surface area contributed by atoms with Gasteiger partial charge in [-0.2, -0.15) is 5.26 Å². The van der Waals surface area contributed by atoms with Crippen LogP contribution in [0.3, 0.4) is 0 Å². The lowest BCUT2D eigenvalue weighted by molar-refractivity contribution is -0.119. The SMILES string of the molecule is COCC(=O)Nc1nc(-c2cccc(C#N)c2)cc(-c2cn(Cc3cccc(C(OC)C4CCCC4)n3)nn2)n1.